The molecule has 1 aliphatic heterocycles. The molecule has 2 atom stereocenters. The molecule has 1 unspecified atom stereocenters. The van der Waals surface area contributed by atoms with Crippen LogP contribution in [0, 0.1) is 0 Å². The maximum absolute atomic E-state index is 12.9. The van der Waals surface area contributed by atoms with Crippen LogP contribution in [-0.4, -0.2) is 203 Å². The van der Waals surface area contributed by atoms with E-state index in [4.69, 9.17) is 5.73 Å². The lowest BCUT2D eigenvalue weighted by atomic mass is 10.0. The Balaban J connectivity index is 1.21. The average molecular weight is 941 g/mol. The predicted octanol–water partition coefficient (Wildman–Crippen LogP) is -1.96. The Morgan fingerprint density at radius 1 is 0.716 bits per heavy atom. The van der Waals surface area contributed by atoms with E-state index in [0.717, 1.165) is 0 Å². The summed E-state index contributed by atoms with van der Waals surface area (Å²) in [7, 11) is 0. The molecule has 3 aromatic rings. The lowest BCUT2D eigenvalue weighted by Crippen LogP contribution is -2.51. The number of carbonyl (C=O) groups is 8. The maximum atomic E-state index is 12.9. The number of nitrogens with two attached hydrogens (primary N) is 1. The number of hydrogen-bond donors (Lipinski definition) is 10. The molecule has 1 aliphatic rings. The van der Waals surface area contributed by atoms with Crippen molar-refractivity contribution in [2.45, 2.75) is 57.2 Å². The molecule has 0 spiro atoms. The molecule has 0 aliphatic carbocycles. The minimum atomic E-state index is -1.40. The fraction of sp³-hybridized carbons (Fsp3) is 0.512. The van der Waals surface area contributed by atoms with Gasteiger partial charge in [0.15, 0.2) is 11.2 Å². The van der Waals surface area contributed by atoms with Crippen LogP contribution in [0.15, 0.2) is 35.3 Å². The molecule has 26 heteroatoms. The number of fused-ring (bicyclic) bond motifs is 1. The van der Waals surface area contributed by atoms with Gasteiger partial charge in [-0.3, -0.25) is 62.9 Å². The van der Waals surface area contributed by atoms with E-state index in [1.54, 1.807) is 31.7 Å². The number of H-pyrrole nitrogens is 1. The van der Waals surface area contributed by atoms with Gasteiger partial charge in [-0.2, -0.15) is 4.98 Å². The van der Waals surface area contributed by atoms with Gasteiger partial charge < -0.3 is 47.2 Å². The number of hydrogen-bond acceptors (Lipinski definition) is 18. The van der Waals surface area contributed by atoms with Gasteiger partial charge in [-0.1, -0.05) is 0 Å². The van der Waals surface area contributed by atoms with E-state index in [2.05, 4.69) is 35.9 Å². The van der Waals surface area contributed by atoms with E-state index in [1.807, 2.05) is 0 Å². The van der Waals surface area contributed by atoms with Gasteiger partial charge in [0, 0.05) is 89.4 Å². The van der Waals surface area contributed by atoms with Gasteiger partial charge in [0.25, 0.3) is 11.5 Å². The molecule has 1 fully saturated rings. The molecule has 2 aromatic heterocycles. The van der Waals surface area contributed by atoms with E-state index in [0.29, 0.717) is 11.4 Å². The molecule has 364 valence electrons. The first kappa shape index (κ1) is 52.5. The molecule has 67 heavy (non-hydrogen) atoms. The Morgan fingerprint density at radius 2 is 1.28 bits per heavy atom. The Morgan fingerprint density at radius 3 is 1.82 bits per heavy atom. The third-order valence-corrected chi connectivity index (χ3v) is 10.7. The number of amides is 2. The summed E-state index contributed by atoms with van der Waals surface area (Å²) in [5.74, 6) is -7.53. The first-order valence-electron chi connectivity index (χ1n) is 21.3. The van der Waals surface area contributed by atoms with E-state index < -0.39 is 59.3 Å². The predicted molar refractivity (Wildman–Crippen MR) is 236 cm³/mol. The van der Waals surface area contributed by atoms with Crippen molar-refractivity contribution in [3.8, 4) is 0 Å². The van der Waals surface area contributed by atoms with Crippen LogP contribution < -0.4 is 27.2 Å². The Bertz CT molecular complexity index is 2260. The van der Waals surface area contributed by atoms with Gasteiger partial charge in [-0.25, -0.2) is 14.8 Å². The number of nitrogens with one attached hydrogen (secondary N) is 4. The highest BCUT2D eigenvalue weighted by molar-refractivity contribution is 5.97. The number of aliphatic carboxylic acids is 5. The van der Waals surface area contributed by atoms with Crippen molar-refractivity contribution in [1.82, 2.24) is 50.2 Å². The van der Waals surface area contributed by atoms with Crippen LogP contribution >= 0.6 is 0 Å². The van der Waals surface area contributed by atoms with Crippen molar-refractivity contribution < 1.29 is 63.9 Å². The van der Waals surface area contributed by atoms with E-state index in [-0.39, 0.29) is 152 Å². The van der Waals surface area contributed by atoms with Gasteiger partial charge >= 0.3 is 29.8 Å². The second-order valence-electron chi connectivity index (χ2n) is 15.7. The van der Waals surface area contributed by atoms with Gasteiger partial charge in [0.2, 0.25) is 11.9 Å². The van der Waals surface area contributed by atoms with Crippen LogP contribution in [-0.2, 0) is 40.1 Å². The lowest BCUT2D eigenvalue weighted by Gasteiger charge is -2.35. The Hall–Kier alpha value is -7.16. The van der Waals surface area contributed by atoms with Crippen LogP contribution in [0.3, 0.4) is 0 Å². The highest BCUT2D eigenvalue weighted by Crippen LogP contribution is 2.14. The van der Waals surface area contributed by atoms with Crippen LogP contribution in [0.5, 0.6) is 0 Å². The molecule has 26 nitrogen and oxygen atoms in total. The molecule has 3 heterocycles. The van der Waals surface area contributed by atoms with E-state index in [1.165, 1.54) is 18.3 Å². The Labute approximate surface area is 382 Å². The van der Waals surface area contributed by atoms with Crippen LogP contribution in [0.2, 0.25) is 0 Å². The zero-order valence-corrected chi connectivity index (χ0v) is 36.6. The number of nitrogens with zero attached hydrogens (tertiary/aromatic N) is 7. The first-order chi connectivity index (χ1) is 31.9. The van der Waals surface area contributed by atoms with Crippen molar-refractivity contribution in [1.29, 1.82) is 0 Å². The molecule has 2 amide bonds. The second-order valence-corrected chi connectivity index (χ2v) is 15.7. The largest absolute Gasteiger partial charge is 0.480 e. The SMILES string of the molecule is Nc1nc2ncc(CNc3ccc(C(=O)N[C@@H](CCC(=O)NCCCC(=O)CCC(C(=O)O)N4CCN(CC(=O)O)CCN(CC(=O)O)CCN(CC(=O)O)CC4)C(=O)O)cc3)nc2c(=O)[nH]1. The zero-order valence-electron chi connectivity index (χ0n) is 36.6. The monoisotopic (exact) mass is 940 g/mol. The summed E-state index contributed by atoms with van der Waals surface area (Å²) >= 11 is 0. The number of aromatic amines is 1. The van der Waals surface area contributed by atoms with Gasteiger partial charge in [-0.05, 0) is 43.5 Å². The standard InChI is InChI=1S/C41H56N12O14/c42-41-48-36-35(38(63)49-41)46-27(21-45-36)20-44-26-5-3-25(4-6-26)37(62)47-29(39(64)65)8-10-31(55)43-11-1-2-28(54)7-9-30(40(66)67)53-18-16-51(23-33(58)59)14-12-50(22-32(56)57)13-15-52(17-19-53)24-34(60)61/h3-6,21,29-30,44H,1-2,7-20,22-24H2,(H,43,55)(H,47,62)(H,56,57)(H,58,59)(H,60,61)(H,64,65)(H,66,67)(H3,42,45,48,49,63)/t29-,30?/m0/s1. The number of nitrogen functional groups attached to an aromatic ring is 1. The number of Topliss-reactive ketones (excluding diaryl/α,β-unsaturated/α-hetero) is 1. The van der Waals surface area contributed by atoms with Crippen molar-refractivity contribution in [3.05, 3.63) is 52.1 Å². The van der Waals surface area contributed by atoms with Gasteiger partial charge in [0.1, 0.15) is 17.9 Å². The fourth-order valence-electron chi connectivity index (χ4n) is 7.16. The second kappa shape index (κ2) is 26.1. The number of aromatic nitrogens is 4. The van der Waals surface area contributed by atoms with E-state index in [9.17, 15) is 68.7 Å². The smallest absolute Gasteiger partial charge is 0.326 e. The maximum Gasteiger partial charge on any atom is 0.326 e. The lowest BCUT2D eigenvalue weighted by molar-refractivity contribution is -0.145. The summed E-state index contributed by atoms with van der Waals surface area (Å²) in [4.78, 5) is 131. The number of ketones is 1. The van der Waals surface area contributed by atoms with Crippen LogP contribution in [0.25, 0.3) is 11.2 Å². The van der Waals surface area contributed by atoms with Crippen molar-refractivity contribution in [3.63, 3.8) is 0 Å². The molecule has 0 radical (unpaired) electrons. The third-order valence-electron chi connectivity index (χ3n) is 10.7. The summed E-state index contributed by atoms with van der Waals surface area (Å²) < 4.78 is 0. The summed E-state index contributed by atoms with van der Waals surface area (Å²) in [6, 6.07) is 3.52. The zero-order chi connectivity index (χ0) is 49.0. The van der Waals surface area contributed by atoms with Crippen LogP contribution in [0.1, 0.15) is 54.6 Å². The summed E-state index contributed by atoms with van der Waals surface area (Å²) in [5.41, 5.74) is 6.26. The van der Waals surface area contributed by atoms with Gasteiger partial charge in [-0.15, -0.1) is 0 Å². The minimum absolute atomic E-state index is 0.00728. The topological polar surface area (TPSA) is 384 Å². The fourth-order valence-corrected chi connectivity index (χ4v) is 7.16. The summed E-state index contributed by atoms with van der Waals surface area (Å²) in [6.07, 6.45) is 0.887. The number of benzene rings is 1. The summed E-state index contributed by atoms with van der Waals surface area (Å²) in [6.45, 7) is 0.108. The molecule has 1 aromatic carbocycles. The Kier molecular flexibility index (Phi) is 20.4. The molecular formula is C41H56N12O14. The molecule has 1 saturated heterocycles. The summed E-state index contributed by atoms with van der Waals surface area (Å²) in [5, 5.41) is 56.4. The average Bonchev–Trinajstić information content (AvgIpc) is 3.25. The molecular weight excluding hydrogens is 885 g/mol. The van der Waals surface area contributed by atoms with E-state index >= 15 is 0 Å². The third kappa shape index (κ3) is 18.3. The van der Waals surface area contributed by atoms with Gasteiger partial charge in [0.05, 0.1) is 38.1 Å². The molecule has 0 saturated carbocycles. The number of anilines is 2. The molecule has 11 N–H and O–H groups in total. The highest BCUT2D eigenvalue weighted by atomic mass is 16.4. The minimum Gasteiger partial charge on any atom is -0.480 e. The van der Waals surface area contributed by atoms with Crippen molar-refractivity contribution >= 4 is 70.2 Å². The number of carboxylic acids is 5. The molecule has 0 bridgehead atoms. The number of carboxylic acid groups (broad SMARTS) is 5. The van der Waals surface area contributed by atoms with Crippen LogP contribution in [0.4, 0.5) is 11.6 Å². The quantitative estimate of drug-likeness (QED) is 0.0436. The first-order valence-corrected chi connectivity index (χ1v) is 21.3. The van der Waals surface area contributed by atoms with Crippen molar-refractivity contribution in [2.75, 3.05) is 89.6 Å². The number of rotatable bonds is 24. The highest BCUT2D eigenvalue weighted by Gasteiger charge is 2.29. The number of carbonyl (C=O) groups excluding carboxylic acids is 3. The van der Waals surface area contributed by atoms with Crippen molar-refractivity contribution in [2.24, 2.45) is 0 Å². The molecule has 4 rings (SSSR count). The normalized spacial score (nSPS) is 15.6.